The molecule has 8 heteroatoms. The van der Waals surface area contributed by atoms with Crippen molar-refractivity contribution in [3.63, 3.8) is 0 Å². The van der Waals surface area contributed by atoms with E-state index in [4.69, 9.17) is 21.4 Å². The van der Waals surface area contributed by atoms with Crippen molar-refractivity contribution in [3.05, 3.63) is 58.6 Å². The van der Waals surface area contributed by atoms with Gasteiger partial charge in [0.2, 0.25) is 0 Å². The second-order valence-corrected chi connectivity index (χ2v) is 8.39. The zero-order valence-corrected chi connectivity index (χ0v) is 14.7. The topological polar surface area (TPSA) is 86.2 Å². The molecule has 5 nitrogen and oxygen atoms in total. The zero-order chi connectivity index (χ0) is 17.2. The van der Waals surface area contributed by atoms with Crippen LogP contribution in [0.2, 0.25) is 5.02 Å². The van der Waals surface area contributed by atoms with Gasteiger partial charge in [-0.2, -0.15) is 0 Å². The number of hydrogen-bond donors (Lipinski definition) is 3. The summed E-state index contributed by atoms with van der Waals surface area (Å²) in [4.78, 5) is 25.2. The van der Waals surface area contributed by atoms with E-state index in [-0.39, 0.29) is 5.49 Å². The fraction of sp³-hybridized carbons (Fsp3) is 0.0625. The van der Waals surface area contributed by atoms with Crippen molar-refractivity contribution in [3.8, 4) is 11.8 Å². The highest BCUT2D eigenvalue weighted by molar-refractivity contribution is 8.04. The molecule has 0 bridgehead atoms. The average molecular weight is 379 g/mol. The van der Waals surface area contributed by atoms with Crippen molar-refractivity contribution in [1.82, 2.24) is 9.97 Å². The van der Waals surface area contributed by atoms with Crippen molar-refractivity contribution in [2.45, 2.75) is 5.16 Å². The molecule has 2 aromatic carbocycles. The molecule has 0 aliphatic heterocycles. The van der Waals surface area contributed by atoms with Gasteiger partial charge < -0.3 is 14.8 Å². The van der Waals surface area contributed by atoms with Crippen LogP contribution in [-0.2, 0) is 4.57 Å². The molecule has 3 N–H and O–H groups in total. The Bertz CT molecular complexity index is 989. The fourth-order valence-corrected chi connectivity index (χ4v) is 3.70. The molecule has 0 saturated carbocycles. The summed E-state index contributed by atoms with van der Waals surface area (Å²) in [5, 5.41) is 0.915. The monoisotopic (exact) mass is 378 g/mol. The number of aromatic amines is 1. The van der Waals surface area contributed by atoms with E-state index in [2.05, 4.69) is 21.8 Å². The Morgan fingerprint density at radius 3 is 2.67 bits per heavy atom. The molecule has 0 aliphatic rings. The van der Waals surface area contributed by atoms with Crippen molar-refractivity contribution < 1.29 is 14.4 Å². The molecule has 0 fully saturated rings. The SMILES string of the molecule is O=P(O)(O)CSc1nc2cc(C#Cc3ccccc3)c(Cl)cc2[nH]1. The summed E-state index contributed by atoms with van der Waals surface area (Å²) in [6.45, 7) is 0. The highest BCUT2D eigenvalue weighted by Gasteiger charge is 2.15. The normalized spacial score (nSPS) is 11.3. The van der Waals surface area contributed by atoms with Crippen LogP contribution in [0.1, 0.15) is 11.1 Å². The molecule has 3 rings (SSSR count). The zero-order valence-electron chi connectivity index (χ0n) is 12.2. The highest BCUT2D eigenvalue weighted by atomic mass is 35.5. The Morgan fingerprint density at radius 1 is 1.21 bits per heavy atom. The summed E-state index contributed by atoms with van der Waals surface area (Å²) < 4.78 is 10.9. The number of nitrogens with zero attached hydrogens (tertiary/aromatic N) is 1. The lowest BCUT2D eigenvalue weighted by molar-refractivity contribution is 0.379. The van der Waals surface area contributed by atoms with E-state index in [1.807, 2.05) is 30.3 Å². The Balaban J connectivity index is 1.89. The molecule has 0 radical (unpaired) electrons. The average Bonchev–Trinajstić information content (AvgIpc) is 2.93. The second kappa shape index (κ2) is 7.02. The molecular weight excluding hydrogens is 367 g/mol. The summed E-state index contributed by atoms with van der Waals surface area (Å²) in [5.74, 6) is 6.06. The van der Waals surface area contributed by atoms with E-state index in [9.17, 15) is 4.57 Å². The Morgan fingerprint density at radius 2 is 1.96 bits per heavy atom. The van der Waals surface area contributed by atoms with Crippen molar-refractivity contribution >= 4 is 42.0 Å². The van der Waals surface area contributed by atoms with Crippen LogP contribution >= 0.6 is 31.0 Å². The van der Waals surface area contributed by atoms with Gasteiger partial charge in [0.1, 0.15) is 5.49 Å². The third-order valence-electron chi connectivity index (χ3n) is 3.03. The van der Waals surface area contributed by atoms with Crippen LogP contribution in [0.5, 0.6) is 0 Å². The Kier molecular flexibility index (Phi) is 5.00. The third-order valence-corrected chi connectivity index (χ3v) is 5.67. The second-order valence-electron chi connectivity index (χ2n) is 4.95. The van der Waals surface area contributed by atoms with Gasteiger partial charge in [0.25, 0.3) is 0 Å². The van der Waals surface area contributed by atoms with Gasteiger partial charge in [-0.25, -0.2) is 4.98 Å². The minimum atomic E-state index is -4.08. The van der Waals surface area contributed by atoms with Gasteiger partial charge in [-0.15, -0.1) is 0 Å². The molecule has 1 aromatic heterocycles. The number of aromatic nitrogens is 2. The van der Waals surface area contributed by atoms with E-state index >= 15 is 0 Å². The van der Waals surface area contributed by atoms with Crippen LogP contribution in [0, 0.1) is 11.8 Å². The molecule has 1 heterocycles. The maximum Gasteiger partial charge on any atom is 0.335 e. The lowest BCUT2D eigenvalue weighted by atomic mass is 10.1. The lowest BCUT2D eigenvalue weighted by Gasteiger charge is -1.99. The predicted octanol–water partition coefficient (Wildman–Crippen LogP) is 3.84. The standard InChI is InChI=1S/C16H12ClN2O3PS/c17-13-9-15-14(18-16(19-15)24-10-23(20,21)22)8-12(13)7-6-11-4-2-1-3-5-11/h1-5,8-9H,10H2,(H,18,19)(H2,20,21,22). The van der Waals surface area contributed by atoms with E-state index in [1.165, 1.54) is 0 Å². The van der Waals surface area contributed by atoms with Crippen LogP contribution in [0.25, 0.3) is 11.0 Å². The Labute approximate surface area is 147 Å². The van der Waals surface area contributed by atoms with Gasteiger partial charge >= 0.3 is 7.60 Å². The van der Waals surface area contributed by atoms with Crippen LogP contribution in [0.15, 0.2) is 47.6 Å². The molecule has 0 unspecified atom stereocenters. The summed E-state index contributed by atoms with van der Waals surface area (Å²) in [6, 6.07) is 13.0. The van der Waals surface area contributed by atoms with Crippen molar-refractivity contribution in [2.24, 2.45) is 0 Å². The predicted molar refractivity (Wildman–Crippen MR) is 96.3 cm³/mol. The molecule has 24 heavy (non-hydrogen) atoms. The summed E-state index contributed by atoms with van der Waals surface area (Å²) in [7, 11) is -4.08. The van der Waals surface area contributed by atoms with E-state index in [0.29, 0.717) is 26.8 Å². The number of benzene rings is 2. The van der Waals surface area contributed by atoms with E-state index in [1.54, 1.807) is 12.1 Å². The van der Waals surface area contributed by atoms with Crippen LogP contribution < -0.4 is 0 Å². The van der Waals surface area contributed by atoms with Gasteiger partial charge in [0.05, 0.1) is 16.1 Å². The summed E-state index contributed by atoms with van der Waals surface area (Å²) in [6.07, 6.45) is 0. The molecule has 3 aromatic rings. The van der Waals surface area contributed by atoms with Gasteiger partial charge in [0.15, 0.2) is 5.16 Å². The fourth-order valence-electron chi connectivity index (χ4n) is 1.98. The Hall–Kier alpha value is -1.74. The minimum Gasteiger partial charge on any atom is -0.333 e. The first-order valence-corrected chi connectivity index (χ1v) is 10.0. The van der Waals surface area contributed by atoms with Crippen molar-refractivity contribution in [2.75, 3.05) is 5.49 Å². The van der Waals surface area contributed by atoms with E-state index in [0.717, 1.165) is 17.3 Å². The van der Waals surface area contributed by atoms with Gasteiger partial charge in [-0.3, -0.25) is 4.57 Å². The van der Waals surface area contributed by atoms with E-state index < -0.39 is 7.60 Å². The smallest absolute Gasteiger partial charge is 0.333 e. The quantitative estimate of drug-likeness (QED) is 0.366. The van der Waals surface area contributed by atoms with Crippen LogP contribution in [-0.4, -0.2) is 25.2 Å². The first kappa shape index (κ1) is 17.1. The van der Waals surface area contributed by atoms with Crippen LogP contribution in [0.4, 0.5) is 0 Å². The highest BCUT2D eigenvalue weighted by Crippen LogP contribution is 2.40. The summed E-state index contributed by atoms with van der Waals surface area (Å²) in [5.41, 5.74) is 2.53. The maximum atomic E-state index is 10.9. The molecular formula is C16H12ClN2O3PS. The first-order valence-electron chi connectivity index (χ1n) is 6.84. The number of fused-ring (bicyclic) bond motifs is 1. The number of H-pyrrole nitrogens is 1. The van der Waals surface area contributed by atoms with Gasteiger partial charge in [-0.05, 0) is 24.3 Å². The third kappa shape index (κ3) is 4.41. The minimum absolute atomic E-state index is 0.332. The number of imidazole rings is 1. The molecule has 0 amide bonds. The first-order chi connectivity index (χ1) is 11.4. The molecule has 0 spiro atoms. The number of rotatable bonds is 3. The lowest BCUT2D eigenvalue weighted by Crippen LogP contribution is -1.83. The maximum absolute atomic E-state index is 10.9. The van der Waals surface area contributed by atoms with Crippen molar-refractivity contribution in [1.29, 1.82) is 0 Å². The van der Waals surface area contributed by atoms with Crippen LogP contribution in [0.3, 0.4) is 0 Å². The molecule has 122 valence electrons. The summed E-state index contributed by atoms with van der Waals surface area (Å²) >= 11 is 7.21. The molecule has 0 aliphatic carbocycles. The largest absolute Gasteiger partial charge is 0.335 e. The molecule has 0 saturated heterocycles. The number of halogens is 1. The van der Waals surface area contributed by atoms with Gasteiger partial charge in [0, 0.05) is 11.1 Å². The number of hydrogen-bond acceptors (Lipinski definition) is 3. The molecule has 0 atom stereocenters. The number of nitrogens with one attached hydrogen (secondary N) is 1. The van der Waals surface area contributed by atoms with Gasteiger partial charge in [-0.1, -0.05) is 53.4 Å². The number of thioether (sulfide) groups is 1.